The Hall–Kier alpha value is -2.79. The summed E-state index contributed by atoms with van der Waals surface area (Å²) >= 11 is 0. The first-order valence-corrected chi connectivity index (χ1v) is 10.9. The van der Waals surface area contributed by atoms with Crippen LogP contribution in [0.15, 0.2) is 24.3 Å². The van der Waals surface area contributed by atoms with E-state index in [0.717, 1.165) is 35.9 Å². The zero-order valence-corrected chi connectivity index (χ0v) is 17.3. The average Bonchev–Trinajstić information content (AvgIpc) is 3.07. The van der Waals surface area contributed by atoms with Crippen LogP contribution < -0.4 is 14.4 Å². The number of hydrogen-bond acceptors (Lipinski definition) is 6. The van der Waals surface area contributed by atoms with Crippen LogP contribution in [-0.2, 0) is 10.0 Å². The van der Waals surface area contributed by atoms with Gasteiger partial charge in [0.05, 0.1) is 18.2 Å². The fourth-order valence-corrected chi connectivity index (χ4v) is 4.02. The number of nitrogens with one attached hydrogen (secondary N) is 1. The van der Waals surface area contributed by atoms with Gasteiger partial charge in [0, 0.05) is 13.1 Å². The van der Waals surface area contributed by atoms with Gasteiger partial charge in [-0.05, 0) is 50.5 Å². The van der Waals surface area contributed by atoms with Gasteiger partial charge in [0.15, 0.2) is 0 Å². The summed E-state index contributed by atoms with van der Waals surface area (Å²) in [4.78, 5) is 6.59. The van der Waals surface area contributed by atoms with Crippen molar-refractivity contribution in [2.45, 2.75) is 27.2 Å². The van der Waals surface area contributed by atoms with Gasteiger partial charge >= 0.3 is 0 Å². The molecule has 0 radical (unpaired) electrons. The highest BCUT2D eigenvalue weighted by atomic mass is 32.2. The third-order valence-corrected chi connectivity index (χ3v) is 5.23. The van der Waals surface area contributed by atoms with E-state index < -0.39 is 10.0 Å². The van der Waals surface area contributed by atoms with Gasteiger partial charge in [-0.15, -0.1) is 0 Å². The summed E-state index contributed by atoms with van der Waals surface area (Å²) < 4.78 is 32.1. The molecule has 1 N–H and O–H groups in total. The molecule has 2 heterocycles. The van der Waals surface area contributed by atoms with Crippen molar-refractivity contribution in [1.82, 2.24) is 4.98 Å². The molecule has 0 saturated carbocycles. The van der Waals surface area contributed by atoms with Gasteiger partial charge in [0.2, 0.25) is 15.9 Å². The standard InChI is InChI=1S/C20H24N4O3S/c1-13-9-14(2)19(15(3)10-13)27-20-17(23-28(4,25)26)5-6-18(22-20)24-8-7-16(11-21)12-24/h5-6,9-10,16,23H,7-8,12H2,1-4H3. The van der Waals surface area contributed by atoms with Crippen molar-refractivity contribution in [2.75, 3.05) is 29.0 Å². The highest BCUT2D eigenvalue weighted by molar-refractivity contribution is 7.92. The van der Waals surface area contributed by atoms with Crippen LogP contribution in [0.25, 0.3) is 0 Å². The number of nitriles is 1. The van der Waals surface area contributed by atoms with Gasteiger partial charge < -0.3 is 9.64 Å². The number of aromatic nitrogens is 1. The van der Waals surface area contributed by atoms with Gasteiger partial charge in [0.1, 0.15) is 17.3 Å². The maximum atomic E-state index is 11.8. The number of hydrogen-bond donors (Lipinski definition) is 1. The smallest absolute Gasteiger partial charge is 0.245 e. The molecule has 1 aromatic carbocycles. The lowest BCUT2D eigenvalue weighted by atomic mass is 10.1. The Morgan fingerprint density at radius 2 is 1.93 bits per heavy atom. The monoisotopic (exact) mass is 400 g/mol. The summed E-state index contributed by atoms with van der Waals surface area (Å²) in [7, 11) is -3.49. The number of aryl methyl sites for hydroxylation is 3. The van der Waals surface area contributed by atoms with E-state index in [-0.39, 0.29) is 17.5 Å². The largest absolute Gasteiger partial charge is 0.436 e. The van der Waals surface area contributed by atoms with Crippen molar-refractivity contribution < 1.29 is 13.2 Å². The lowest BCUT2D eigenvalue weighted by molar-refractivity contribution is 0.458. The Kier molecular flexibility index (Phi) is 5.47. The van der Waals surface area contributed by atoms with Crippen LogP contribution in [-0.4, -0.2) is 32.7 Å². The fraction of sp³-hybridized carbons (Fsp3) is 0.400. The molecule has 1 aliphatic heterocycles. The first-order chi connectivity index (χ1) is 13.2. The van der Waals surface area contributed by atoms with E-state index in [2.05, 4.69) is 15.8 Å². The van der Waals surface area contributed by atoms with Gasteiger partial charge in [0.25, 0.3) is 0 Å². The predicted octanol–water partition coefficient (Wildman–Crippen LogP) is 3.52. The lowest BCUT2D eigenvalue weighted by Gasteiger charge is -2.20. The molecule has 0 amide bonds. The van der Waals surface area contributed by atoms with Crippen molar-refractivity contribution in [3.8, 4) is 17.7 Å². The zero-order valence-electron chi connectivity index (χ0n) is 16.5. The van der Waals surface area contributed by atoms with E-state index in [1.54, 1.807) is 12.1 Å². The van der Waals surface area contributed by atoms with E-state index in [1.165, 1.54) is 0 Å². The van der Waals surface area contributed by atoms with Crippen molar-refractivity contribution in [3.05, 3.63) is 41.0 Å². The fourth-order valence-electron chi connectivity index (χ4n) is 3.46. The number of ether oxygens (including phenoxy) is 1. The molecule has 1 fully saturated rings. The van der Waals surface area contributed by atoms with Crippen molar-refractivity contribution in [3.63, 3.8) is 0 Å². The SMILES string of the molecule is Cc1cc(C)c(Oc2nc(N3CCC(C#N)C3)ccc2NS(C)(=O)=O)c(C)c1. The van der Waals surface area contributed by atoms with Crippen LogP contribution in [0.2, 0.25) is 0 Å². The second-order valence-electron chi connectivity index (χ2n) is 7.29. The quantitative estimate of drug-likeness (QED) is 0.825. The van der Waals surface area contributed by atoms with Gasteiger partial charge in [-0.1, -0.05) is 17.7 Å². The van der Waals surface area contributed by atoms with Crippen molar-refractivity contribution >= 4 is 21.5 Å². The van der Waals surface area contributed by atoms with E-state index in [4.69, 9.17) is 10.00 Å². The Bertz CT molecular complexity index is 1020. The summed E-state index contributed by atoms with van der Waals surface area (Å²) in [5.41, 5.74) is 3.29. The van der Waals surface area contributed by atoms with Gasteiger partial charge in [-0.25, -0.2) is 8.42 Å². The topological polar surface area (TPSA) is 95.3 Å². The van der Waals surface area contributed by atoms with Gasteiger partial charge in [-0.3, -0.25) is 4.72 Å². The maximum absolute atomic E-state index is 11.8. The molecule has 28 heavy (non-hydrogen) atoms. The molecule has 1 aliphatic rings. The first-order valence-electron chi connectivity index (χ1n) is 9.05. The lowest BCUT2D eigenvalue weighted by Crippen LogP contribution is -2.21. The Morgan fingerprint density at radius 3 is 2.50 bits per heavy atom. The van der Waals surface area contributed by atoms with Crippen LogP contribution in [0, 0.1) is 38.0 Å². The van der Waals surface area contributed by atoms with E-state index in [0.29, 0.717) is 18.1 Å². The number of anilines is 2. The molecule has 1 unspecified atom stereocenters. The highest BCUT2D eigenvalue weighted by Gasteiger charge is 2.24. The Labute approximate surface area is 166 Å². The molecular weight excluding hydrogens is 376 g/mol. The molecule has 0 aliphatic carbocycles. The molecule has 3 rings (SSSR count). The highest BCUT2D eigenvalue weighted by Crippen LogP contribution is 2.35. The minimum atomic E-state index is -3.49. The number of sulfonamides is 1. The van der Waals surface area contributed by atoms with E-state index in [1.807, 2.05) is 37.8 Å². The zero-order chi connectivity index (χ0) is 20.5. The van der Waals surface area contributed by atoms with Crippen LogP contribution >= 0.6 is 0 Å². The summed E-state index contributed by atoms with van der Waals surface area (Å²) in [6.07, 6.45) is 1.87. The Morgan fingerprint density at radius 1 is 1.25 bits per heavy atom. The number of pyridine rings is 1. The van der Waals surface area contributed by atoms with Gasteiger partial charge in [-0.2, -0.15) is 10.2 Å². The van der Waals surface area contributed by atoms with Crippen LogP contribution in [0.3, 0.4) is 0 Å². The molecular formula is C20H24N4O3S. The normalized spacial score (nSPS) is 16.7. The number of benzene rings is 1. The molecule has 2 aromatic rings. The summed E-state index contributed by atoms with van der Waals surface area (Å²) in [6.45, 7) is 7.23. The number of rotatable bonds is 5. The summed E-state index contributed by atoms with van der Waals surface area (Å²) in [5, 5.41) is 9.14. The minimum Gasteiger partial charge on any atom is -0.436 e. The second kappa shape index (κ2) is 7.68. The van der Waals surface area contributed by atoms with Crippen molar-refractivity contribution in [2.24, 2.45) is 5.92 Å². The van der Waals surface area contributed by atoms with Crippen LogP contribution in [0.5, 0.6) is 11.6 Å². The van der Waals surface area contributed by atoms with Crippen LogP contribution in [0.4, 0.5) is 11.5 Å². The molecule has 8 heteroatoms. The third-order valence-electron chi connectivity index (χ3n) is 4.64. The third kappa shape index (κ3) is 4.54. The number of nitrogens with zero attached hydrogens (tertiary/aromatic N) is 3. The average molecular weight is 401 g/mol. The first kappa shape index (κ1) is 20.0. The van der Waals surface area contributed by atoms with E-state index >= 15 is 0 Å². The van der Waals surface area contributed by atoms with Crippen molar-refractivity contribution in [1.29, 1.82) is 5.26 Å². The Balaban J connectivity index is 2.01. The second-order valence-corrected chi connectivity index (χ2v) is 9.04. The molecule has 148 valence electrons. The molecule has 1 aromatic heterocycles. The molecule has 1 atom stereocenters. The molecule has 1 saturated heterocycles. The predicted molar refractivity (Wildman–Crippen MR) is 109 cm³/mol. The molecule has 0 bridgehead atoms. The molecule has 7 nitrogen and oxygen atoms in total. The van der Waals surface area contributed by atoms with Crippen LogP contribution in [0.1, 0.15) is 23.1 Å². The summed E-state index contributed by atoms with van der Waals surface area (Å²) in [5.74, 6) is 1.48. The minimum absolute atomic E-state index is 0.0263. The molecule has 0 spiro atoms. The maximum Gasteiger partial charge on any atom is 0.245 e. The van der Waals surface area contributed by atoms with E-state index in [9.17, 15) is 8.42 Å². The summed E-state index contributed by atoms with van der Waals surface area (Å²) in [6, 6.07) is 9.70.